The van der Waals surface area contributed by atoms with Crippen molar-refractivity contribution in [2.75, 3.05) is 12.0 Å². The molecule has 0 bridgehead atoms. The summed E-state index contributed by atoms with van der Waals surface area (Å²) in [6.45, 7) is 2.29. The molecule has 0 aliphatic rings. The number of non-ortho nitro benzene ring substituents is 1. The summed E-state index contributed by atoms with van der Waals surface area (Å²) in [6, 6.07) is 8.30. The van der Waals surface area contributed by atoms with Gasteiger partial charge in [-0.25, -0.2) is 0 Å². The van der Waals surface area contributed by atoms with Crippen molar-refractivity contribution >= 4 is 11.4 Å². The zero-order chi connectivity index (χ0) is 13.0. The van der Waals surface area contributed by atoms with Crippen LogP contribution in [0.1, 0.15) is 6.92 Å². The van der Waals surface area contributed by atoms with Crippen LogP contribution in [0.3, 0.4) is 0 Å². The van der Waals surface area contributed by atoms with E-state index >= 15 is 0 Å². The molecule has 6 nitrogen and oxygen atoms in total. The highest BCUT2D eigenvalue weighted by Gasteiger charge is 2.10. The monoisotopic (exact) mass is 247 g/mol. The summed E-state index contributed by atoms with van der Waals surface area (Å²) in [5.74, 6) is 0.473. The molecule has 0 radical (unpaired) electrons. The van der Waals surface area contributed by atoms with Gasteiger partial charge in [0.2, 0.25) is 0 Å². The van der Waals surface area contributed by atoms with Gasteiger partial charge in [-0.1, -0.05) is 0 Å². The molecule has 0 spiro atoms. The number of aromatic nitrogens is 1. The third-order valence-corrected chi connectivity index (χ3v) is 2.28. The summed E-state index contributed by atoms with van der Waals surface area (Å²) < 4.78 is 7.01. The van der Waals surface area contributed by atoms with Gasteiger partial charge in [0.05, 0.1) is 23.3 Å². The third-order valence-electron chi connectivity index (χ3n) is 2.28. The van der Waals surface area contributed by atoms with Crippen LogP contribution in [0.2, 0.25) is 0 Å². The van der Waals surface area contributed by atoms with E-state index in [-0.39, 0.29) is 5.69 Å². The number of nitro groups is 1. The molecule has 94 valence electrons. The van der Waals surface area contributed by atoms with Gasteiger partial charge < -0.3 is 4.74 Å². The molecule has 0 saturated heterocycles. The number of rotatable bonds is 5. The number of hydrogen-bond donors (Lipinski definition) is 1. The minimum atomic E-state index is -0.441. The van der Waals surface area contributed by atoms with Crippen molar-refractivity contribution in [1.29, 1.82) is 0 Å². The maximum absolute atomic E-state index is 10.8. The van der Waals surface area contributed by atoms with Crippen molar-refractivity contribution in [3.63, 3.8) is 0 Å². The predicted octanol–water partition coefficient (Wildman–Crippen LogP) is 2.67. The number of nitrogens with one attached hydrogen (secondary N) is 1. The van der Waals surface area contributed by atoms with Gasteiger partial charge in [0.1, 0.15) is 5.75 Å². The molecule has 1 aromatic carbocycles. The number of anilines is 1. The second kappa shape index (κ2) is 5.22. The molecular weight excluding hydrogens is 234 g/mol. The fraction of sp³-hybridized carbons (Fsp3) is 0.167. The van der Waals surface area contributed by atoms with Gasteiger partial charge in [0.25, 0.3) is 5.69 Å². The van der Waals surface area contributed by atoms with Crippen LogP contribution < -0.4 is 10.2 Å². The Morgan fingerprint density at radius 2 is 2.06 bits per heavy atom. The fourth-order valence-corrected chi connectivity index (χ4v) is 1.56. The second-order valence-electron chi connectivity index (χ2n) is 3.61. The first kappa shape index (κ1) is 12.0. The van der Waals surface area contributed by atoms with Crippen molar-refractivity contribution in [1.82, 2.24) is 4.68 Å². The van der Waals surface area contributed by atoms with E-state index in [9.17, 15) is 10.1 Å². The van der Waals surface area contributed by atoms with Crippen LogP contribution in [0.5, 0.6) is 5.75 Å². The minimum absolute atomic E-state index is 0.00407. The normalized spacial score (nSPS) is 10.1. The molecule has 0 atom stereocenters. The van der Waals surface area contributed by atoms with Gasteiger partial charge in [-0.3, -0.25) is 20.2 Å². The second-order valence-corrected chi connectivity index (χ2v) is 3.61. The Hall–Kier alpha value is -2.50. The topological polar surface area (TPSA) is 69.3 Å². The molecule has 0 aliphatic carbocycles. The van der Waals surface area contributed by atoms with Gasteiger partial charge in [-0.05, 0) is 19.1 Å². The lowest BCUT2D eigenvalue weighted by Gasteiger charge is -2.09. The van der Waals surface area contributed by atoms with Crippen LogP contribution in [0.25, 0.3) is 0 Å². The Morgan fingerprint density at radius 3 is 2.67 bits per heavy atom. The Kier molecular flexibility index (Phi) is 3.47. The SMILES string of the molecule is CCOc1cc(Nn2cccc2)cc([N+](=O)[O-])c1. The molecule has 2 aromatic rings. The van der Waals surface area contributed by atoms with Crippen LogP contribution in [-0.4, -0.2) is 16.2 Å². The molecule has 1 N–H and O–H groups in total. The van der Waals surface area contributed by atoms with E-state index in [4.69, 9.17) is 4.74 Å². The van der Waals surface area contributed by atoms with Crippen LogP contribution in [0, 0.1) is 10.1 Å². The summed E-state index contributed by atoms with van der Waals surface area (Å²) in [7, 11) is 0. The molecule has 0 aliphatic heterocycles. The van der Waals surface area contributed by atoms with E-state index < -0.39 is 4.92 Å². The lowest BCUT2D eigenvalue weighted by atomic mass is 10.2. The van der Waals surface area contributed by atoms with E-state index in [1.54, 1.807) is 23.1 Å². The first-order chi connectivity index (χ1) is 8.69. The minimum Gasteiger partial charge on any atom is -0.494 e. The van der Waals surface area contributed by atoms with E-state index in [0.717, 1.165) is 0 Å². The Morgan fingerprint density at radius 1 is 1.33 bits per heavy atom. The Bertz CT molecular complexity index is 538. The van der Waals surface area contributed by atoms with Crippen molar-refractivity contribution in [2.24, 2.45) is 0 Å². The quantitative estimate of drug-likeness (QED) is 0.651. The van der Waals surface area contributed by atoms with E-state index in [0.29, 0.717) is 18.0 Å². The summed E-state index contributed by atoms with van der Waals surface area (Å²) in [5.41, 5.74) is 3.61. The van der Waals surface area contributed by atoms with Gasteiger partial charge in [-0.2, -0.15) is 0 Å². The van der Waals surface area contributed by atoms with E-state index in [2.05, 4.69) is 5.43 Å². The molecule has 6 heteroatoms. The number of hydrogen-bond acceptors (Lipinski definition) is 4. The molecule has 2 rings (SSSR count). The van der Waals surface area contributed by atoms with Gasteiger partial charge in [0.15, 0.2) is 0 Å². The Labute approximate surface area is 104 Å². The molecule has 1 heterocycles. The van der Waals surface area contributed by atoms with Crippen molar-refractivity contribution < 1.29 is 9.66 Å². The highest BCUT2D eigenvalue weighted by atomic mass is 16.6. The standard InChI is InChI=1S/C12H13N3O3/c1-2-18-12-8-10(7-11(9-12)15(16)17)13-14-5-3-4-6-14/h3-9,13H,2H2,1H3. The molecule has 1 aromatic heterocycles. The summed E-state index contributed by atoms with van der Waals surface area (Å²) in [4.78, 5) is 10.4. The average Bonchev–Trinajstić information content (AvgIpc) is 2.82. The maximum Gasteiger partial charge on any atom is 0.275 e. The number of benzene rings is 1. The zero-order valence-corrected chi connectivity index (χ0v) is 9.87. The number of nitro benzene ring substituents is 1. The highest BCUT2D eigenvalue weighted by molar-refractivity contribution is 5.56. The van der Waals surface area contributed by atoms with Crippen molar-refractivity contribution in [3.05, 3.63) is 52.8 Å². The Balaban J connectivity index is 2.30. The number of nitrogens with zero attached hydrogens (tertiary/aromatic N) is 2. The van der Waals surface area contributed by atoms with E-state index in [1.807, 2.05) is 19.1 Å². The molecule has 0 saturated carbocycles. The van der Waals surface area contributed by atoms with Crippen LogP contribution >= 0.6 is 0 Å². The van der Waals surface area contributed by atoms with Crippen LogP contribution in [0.15, 0.2) is 42.7 Å². The molecule has 18 heavy (non-hydrogen) atoms. The number of ether oxygens (including phenoxy) is 1. The predicted molar refractivity (Wildman–Crippen MR) is 67.7 cm³/mol. The summed E-state index contributed by atoms with van der Waals surface area (Å²) in [5, 5.41) is 10.8. The summed E-state index contributed by atoms with van der Waals surface area (Å²) in [6.07, 6.45) is 3.61. The van der Waals surface area contributed by atoms with Crippen molar-refractivity contribution in [3.8, 4) is 5.75 Å². The molecule has 0 unspecified atom stereocenters. The highest BCUT2D eigenvalue weighted by Crippen LogP contribution is 2.26. The summed E-state index contributed by atoms with van der Waals surface area (Å²) >= 11 is 0. The third kappa shape index (κ3) is 2.79. The van der Waals surface area contributed by atoms with Crippen LogP contribution in [0.4, 0.5) is 11.4 Å². The average molecular weight is 247 g/mol. The first-order valence-electron chi connectivity index (χ1n) is 5.51. The maximum atomic E-state index is 10.8. The van der Waals surface area contributed by atoms with Gasteiger partial charge in [0, 0.05) is 24.5 Å². The lowest BCUT2D eigenvalue weighted by Crippen LogP contribution is -2.06. The lowest BCUT2D eigenvalue weighted by molar-refractivity contribution is -0.384. The largest absolute Gasteiger partial charge is 0.494 e. The first-order valence-corrected chi connectivity index (χ1v) is 5.51. The molecule has 0 fully saturated rings. The molecule has 0 amide bonds. The van der Waals surface area contributed by atoms with Gasteiger partial charge in [-0.15, -0.1) is 0 Å². The van der Waals surface area contributed by atoms with Crippen LogP contribution in [-0.2, 0) is 0 Å². The van der Waals surface area contributed by atoms with E-state index in [1.165, 1.54) is 12.1 Å². The smallest absolute Gasteiger partial charge is 0.275 e. The van der Waals surface area contributed by atoms with Gasteiger partial charge >= 0.3 is 0 Å². The van der Waals surface area contributed by atoms with Crippen molar-refractivity contribution in [2.45, 2.75) is 6.92 Å². The fourth-order valence-electron chi connectivity index (χ4n) is 1.56. The molecular formula is C12H13N3O3. The zero-order valence-electron chi connectivity index (χ0n) is 9.87.